The maximum atomic E-state index is 7.14. The molecule has 8 heteroatoms. The van der Waals surface area contributed by atoms with Crippen LogP contribution in [0.15, 0.2) is 71.1 Å². The molecule has 10 rings (SSSR count). The number of aryl methyl sites for hydroxylation is 3. The molecule has 0 amide bonds. The second kappa shape index (κ2) is 12.0. The third-order valence-electron chi connectivity index (χ3n) is 12.2. The first kappa shape index (κ1) is 35.0. The number of benzene rings is 5. The van der Waals surface area contributed by atoms with E-state index in [4.69, 9.17) is 23.4 Å². The molecule has 4 aliphatic rings. The molecule has 0 saturated heterocycles. The van der Waals surface area contributed by atoms with Gasteiger partial charge >= 0.3 is 0 Å². The summed E-state index contributed by atoms with van der Waals surface area (Å²) in [6.07, 6.45) is 0. The Morgan fingerprint density at radius 3 is 1.84 bits per heavy atom. The predicted octanol–water partition coefficient (Wildman–Crippen LogP) is 9.89. The standard InChI is InChI=1S/C48H49BN2O5/c1-26-20-31(48(8,9)10)21-27(2)43(26)50-34-12-11-13-35-42(34)49(33-24-38-39(25-36(33)50)53-17-16-52-38)41-32-23-30(47(5,6)7)14-15-37(32)56-46(41)51(35)44-28(3)22-40-45(29(44)4)55-19-18-54-40/h11-15,20-25H,16-19H2,1-10H3. The van der Waals surface area contributed by atoms with Gasteiger partial charge in [-0.25, -0.2) is 0 Å². The molecule has 0 bridgehead atoms. The molecule has 56 heavy (non-hydrogen) atoms. The Labute approximate surface area is 330 Å². The molecule has 4 aliphatic heterocycles. The lowest BCUT2D eigenvalue weighted by Gasteiger charge is -2.44. The van der Waals surface area contributed by atoms with Crippen molar-refractivity contribution in [3.05, 3.63) is 100 Å². The highest BCUT2D eigenvalue weighted by molar-refractivity contribution is 7.01. The van der Waals surface area contributed by atoms with Gasteiger partial charge in [-0.15, -0.1) is 0 Å². The molecule has 0 saturated carbocycles. The van der Waals surface area contributed by atoms with Gasteiger partial charge in [0.1, 0.15) is 32.0 Å². The lowest BCUT2D eigenvalue weighted by atomic mass is 9.33. The minimum Gasteiger partial charge on any atom is -0.486 e. The van der Waals surface area contributed by atoms with Gasteiger partial charge in [-0.05, 0) is 114 Å². The minimum absolute atomic E-state index is 0.0135. The first-order chi connectivity index (χ1) is 26.7. The number of nitrogens with zero attached hydrogens (tertiary/aromatic N) is 2. The highest BCUT2D eigenvalue weighted by Crippen LogP contribution is 2.52. The summed E-state index contributed by atoms with van der Waals surface area (Å²) >= 11 is 0. The molecular weight excluding hydrogens is 695 g/mol. The van der Waals surface area contributed by atoms with E-state index in [2.05, 4.69) is 146 Å². The number of fused-ring (bicyclic) bond motifs is 8. The number of hydrogen-bond donors (Lipinski definition) is 0. The van der Waals surface area contributed by atoms with Crippen molar-refractivity contribution in [3.8, 4) is 23.0 Å². The van der Waals surface area contributed by atoms with Crippen LogP contribution >= 0.6 is 0 Å². The van der Waals surface area contributed by atoms with Gasteiger partial charge < -0.3 is 28.3 Å². The summed E-state index contributed by atoms with van der Waals surface area (Å²) in [6, 6.07) is 24.8. The van der Waals surface area contributed by atoms with Crippen LogP contribution in [0.3, 0.4) is 0 Å². The van der Waals surface area contributed by atoms with Crippen LogP contribution in [0.1, 0.15) is 74.9 Å². The van der Waals surface area contributed by atoms with Crippen LogP contribution < -0.4 is 45.1 Å². The first-order valence-electron chi connectivity index (χ1n) is 20.0. The van der Waals surface area contributed by atoms with Crippen molar-refractivity contribution in [1.82, 2.24) is 0 Å². The zero-order valence-corrected chi connectivity index (χ0v) is 34.2. The third-order valence-corrected chi connectivity index (χ3v) is 12.2. The third kappa shape index (κ3) is 5.03. The van der Waals surface area contributed by atoms with Gasteiger partial charge in [0.15, 0.2) is 23.0 Å². The summed E-state index contributed by atoms with van der Waals surface area (Å²) in [4.78, 5) is 4.84. The monoisotopic (exact) mass is 744 g/mol. The van der Waals surface area contributed by atoms with Crippen LogP contribution in [-0.2, 0) is 10.8 Å². The van der Waals surface area contributed by atoms with Crippen LogP contribution in [0.25, 0.3) is 11.0 Å². The Hall–Kier alpha value is -5.50. The molecule has 6 aromatic rings. The molecule has 0 unspecified atom stereocenters. The molecule has 5 heterocycles. The molecule has 7 nitrogen and oxygen atoms in total. The van der Waals surface area contributed by atoms with Crippen LogP contribution in [0.4, 0.5) is 34.3 Å². The second-order valence-electron chi connectivity index (χ2n) is 18.1. The van der Waals surface area contributed by atoms with Crippen LogP contribution in [0, 0.1) is 27.7 Å². The number of ether oxygens (including phenoxy) is 4. The van der Waals surface area contributed by atoms with Gasteiger partial charge in [0.2, 0.25) is 5.88 Å². The van der Waals surface area contributed by atoms with E-state index in [1.54, 1.807) is 0 Å². The fourth-order valence-corrected chi connectivity index (χ4v) is 9.50. The van der Waals surface area contributed by atoms with E-state index in [1.807, 2.05) is 0 Å². The summed E-state index contributed by atoms with van der Waals surface area (Å²) in [6.45, 7) is 24.4. The van der Waals surface area contributed by atoms with E-state index in [0.717, 1.165) is 84.7 Å². The van der Waals surface area contributed by atoms with E-state index >= 15 is 0 Å². The second-order valence-corrected chi connectivity index (χ2v) is 18.1. The zero-order valence-electron chi connectivity index (χ0n) is 34.2. The fraction of sp³-hybridized carbons (Fsp3) is 0.333. The lowest BCUT2D eigenvalue weighted by Crippen LogP contribution is -2.61. The molecule has 0 fully saturated rings. The topological polar surface area (TPSA) is 56.5 Å². The number of anilines is 6. The molecule has 1 aromatic heterocycles. The van der Waals surface area contributed by atoms with Crippen molar-refractivity contribution in [2.75, 3.05) is 36.2 Å². The number of rotatable bonds is 2. The van der Waals surface area contributed by atoms with Crippen molar-refractivity contribution in [2.45, 2.75) is 80.1 Å². The number of furan rings is 1. The normalized spacial score (nSPS) is 15.5. The summed E-state index contributed by atoms with van der Waals surface area (Å²) in [7, 11) is 0. The Balaban J connectivity index is 1.33. The van der Waals surface area contributed by atoms with E-state index in [-0.39, 0.29) is 17.5 Å². The zero-order chi connectivity index (χ0) is 39.0. The van der Waals surface area contributed by atoms with Gasteiger partial charge in [-0.3, -0.25) is 4.90 Å². The summed E-state index contributed by atoms with van der Waals surface area (Å²) in [5, 5.41) is 1.12. The van der Waals surface area contributed by atoms with Gasteiger partial charge in [-0.2, -0.15) is 0 Å². The Morgan fingerprint density at radius 1 is 0.554 bits per heavy atom. The quantitative estimate of drug-likeness (QED) is 0.163. The lowest BCUT2D eigenvalue weighted by molar-refractivity contribution is 0.170. The van der Waals surface area contributed by atoms with E-state index < -0.39 is 0 Å². The molecule has 0 radical (unpaired) electrons. The van der Waals surface area contributed by atoms with Crippen molar-refractivity contribution < 1.29 is 23.4 Å². The van der Waals surface area contributed by atoms with E-state index in [1.165, 1.54) is 33.4 Å². The SMILES string of the molecule is Cc1cc(C(C)(C)C)cc(C)c1N1c2cc3c(cc2B2c4c1cccc4N(c1c(C)cc4c(c1C)OCCO4)c1oc4ccc(C(C)(C)C)cc4c12)OCCO3. The van der Waals surface area contributed by atoms with Crippen molar-refractivity contribution in [3.63, 3.8) is 0 Å². The average molecular weight is 745 g/mol. The largest absolute Gasteiger partial charge is 0.486 e. The van der Waals surface area contributed by atoms with Gasteiger partial charge in [-0.1, -0.05) is 65.8 Å². The maximum absolute atomic E-state index is 7.14. The van der Waals surface area contributed by atoms with E-state index in [9.17, 15) is 0 Å². The maximum Gasteiger partial charge on any atom is 0.257 e. The molecule has 5 aromatic carbocycles. The number of hydrogen-bond acceptors (Lipinski definition) is 7. The smallest absolute Gasteiger partial charge is 0.257 e. The Kier molecular flexibility index (Phi) is 7.49. The summed E-state index contributed by atoms with van der Waals surface area (Å²) in [5.74, 6) is 3.94. The Morgan fingerprint density at radius 2 is 1.16 bits per heavy atom. The van der Waals surface area contributed by atoms with Crippen LogP contribution in [-0.4, -0.2) is 33.1 Å². The molecule has 284 valence electrons. The molecule has 0 N–H and O–H groups in total. The first-order valence-corrected chi connectivity index (χ1v) is 20.0. The van der Waals surface area contributed by atoms with Gasteiger partial charge in [0.05, 0.1) is 11.4 Å². The summed E-state index contributed by atoms with van der Waals surface area (Å²) in [5.41, 5.74) is 17.0. The minimum atomic E-state index is -0.154. The summed E-state index contributed by atoms with van der Waals surface area (Å²) < 4.78 is 32.3. The van der Waals surface area contributed by atoms with Crippen molar-refractivity contribution in [2.24, 2.45) is 0 Å². The van der Waals surface area contributed by atoms with Crippen LogP contribution in [0.5, 0.6) is 23.0 Å². The predicted molar refractivity (Wildman–Crippen MR) is 229 cm³/mol. The molecule has 0 spiro atoms. The Bertz CT molecular complexity index is 2620. The average Bonchev–Trinajstić information content (AvgIpc) is 3.53. The van der Waals surface area contributed by atoms with Gasteiger partial charge in [0.25, 0.3) is 6.71 Å². The highest BCUT2D eigenvalue weighted by Gasteiger charge is 2.48. The van der Waals surface area contributed by atoms with Gasteiger partial charge in [0, 0.05) is 39.5 Å². The highest BCUT2D eigenvalue weighted by atomic mass is 16.6. The fourth-order valence-electron chi connectivity index (χ4n) is 9.50. The van der Waals surface area contributed by atoms with Crippen LogP contribution in [0.2, 0.25) is 0 Å². The molecular formula is C48H49BN2O5. The molecule has 0 aliphatic carbocycles. The van der Waals surface area contributed by atoms with Crippen molar-refractivity contribution in [1.29, 1.82) is 0 Å². The van der Waals surface area contributed by atoms with Crippen molar-refractivity contribution >= 4 is 68.4 Å². The van der Waals surface area contributed by atoms with E-state index in [0.29, 0.717) is 26.4 Å². The molecule has 0 atom stereocenters.